The first-order valence-electron chi connectivity index (χ1n) is 6.50. The number of ether oxygens (including phenoxy) is 1. The number of rotatable bonds is 8. The van der Waals surface area contributed by atoms with Crippen LogP contribution in [0.2, 0.25) is 0 Å². The molecule has 0 spiro atoms. The number of carbonyl (C=O) groups excluding carboxylic acids is 1. The molecule has 0 fully saturated rings. The highest BCUT2D eigenvalue weighted by molar-refractivity contribution is 7.58. The van der Waals surface area contributed by atoms with Crippen LogP contribution in [0, 0.1) is 0 Å². The summed E-state index contributed by atoms with van der Waals surface area (Å²) in [5, 5.41) is 6.83. The first-order chi connectivity index (χ1) is 10.2. The molecule has 21 heavy (non-hydrogen) atoms. The quantitative estimate of drug-likeness (QED) is 0.345. The zero-order chi connectivity index (χ0) is 15.6. The van der Waals surface area contributed by atoms with E-state index in [4.69, 9.17) is 9.05 Å². The summed E-state index contributed by atoms with van der Waals surface area (Å²) >= 11 is 0. The largest absolute Gasteiger partial charge is 0.465 e. The molecular weight excluding hydrogens is 293 g/mol. The molecule has 1 rings (SSSR count). The Labute approximate surface area is 124 Å². The third-order valence-corrected chi connectivity index (χ3v) is 4.28. The summed E-state index contributed by atoms with van der Waals surface area (Å²) in [5.41, 5.74) is 0.796. The maximum absolute atomic E-state index is 11.1. The van der Waals surface area contributed by atoms with Crippen LogP contribution < -0.4 is 5.09 Å². The van der Waals surface area contributed by atoms with Crippen molar-refractivity contribution in [2.45, 2.75) is 13.8 Å². The second-order valence-electron chi connectivity index (χ2n) is 3.69. The minimum atomic E-state index is -2.82. The fraction of sp³-hybridized carbons (Fsp3) is 0.385. The van der Waals surface area contributed by atoms with E-state index < -0.39 is 13.6 Å². The van der Waals surface area contributed by atoms with E-state index in [0.29, 0.717) is 13.2 Å². The van der Waals surface area contributed by atoms with Crippen molar-refractivity contribution in [3.05, 3.63) is 30.3 Å². The molecule has 0 heterocycles. The van der Waals surface area contributed by atoms with Crippen molar-refractivity contribution in [2.75, 3.05) is 25.4 Å². The molecule has 0 aliphatic carbocycles. The summed E-state index contributed by atoms with van der Waals surface area (Å²) in [7, 11) is -1.55. The minimum absolute atomic E-state index is 0.394. The van der Waals surface area contributed by atoms with Crippen molar-refractivity contribution in [2.24, 2.45) is 9.96 Å². The van der Waals surface area contributed by atoms with Crippen LogP contribution in [0.25, 0.3) is 0 Å². The van der Waals surface area contributed by atoms with E-state index in [2.05, 4.69) is 19.8 Å². The third-order valence-electron chi connectivity index (χ3n) is 2.19. The van der Waals surface area contributed by atoms with Gasteiger partial charge in [-0.15, -0.1) is 5.10 Å². The number of hydrogen-bond acceptors (Lipinski definition) is 5. The number of hydrogen-bond donors (Lipinski definition) is 1. The van der Waals surface area contributed by atoms with Crippen molar-refractivity contribution < 1.29 is 18.6 Å². The van der Waals surface area contributed by atoms with E-state index in [0.717, 1.165) is 11.9 Å². The lowest BCUT2D eigenvalue weighted by Gasteiger charge is -2.23. The van der Waals surface area contributed by atoms with Gasteiger partial charge in [0.25, 0.3) is 0 Å². The number of carbonyl (C=O) groups is 1. The predicted molar refractivity (Wildman–Crippen MR) is 83.2 cm³/mol. The standard InChI is InChI=1S/C13H20N3O4P/c1-4-19-21(20-5-2,16-14-11-13(17)18-3)15-12-9-7-6-8-10-12/h6-11,15H,4-5H2,1-3H3/b14-11+. The van der Waals surface area contributed by atoms with E-state index >= 15 is 0 Å². The Balaban J connectivity index is 3.05. The molecule has 0 aliphatic heterocycles. The van der Waals surface area contributed by atoms with Crippen LogP contribution in [-0.2, 0) is 18.6 Å². The molecule has 7 nitrogen and oxygen atoms in total. The van der Waals surface area contributed by atoms with Crippen LogP contribution >= 0.6 is 7.66 Å². The number of nitrogens with one attached hydrogen (secondary N) is 1. The Morgan fingerprint density at radius 2 is 1.86 bits per heavy atom. The second-order valence-corrected chi connectivity index (χ2v) is 5.65. The molecule has 0 aromatic heterocycles. The summed E-state index contributed by atoms with van der Waals surface area (Å²) in [6.07, 6.45) is 0.972. The van der Waals surface area contributed by atoms with Gasteiger partial charge in [-0.05, 0) is 26.0 Å². The molecule has 1 aromatic rings. The van der Waals surface area contributed by atoms with Gasteiger partial charge in [0.05, 0.1) is 20.3 Å². The van der Waals surface area contributed by atoms with Gasteiger partial charge in [0, 0.05) is 5.69 Å². The molecule has 0 atom stereocenters. The average Bonchev–Trinajstić information content (AvgIpc) is 2.48. The van der Waals surface area contributed by atoms with Crippen LogP contribution in [0.1, 0.15) is 13.8 Å². The third kappa shape index (κ3) is 6.08. The number of para-hydroxylation sites is 1. The number of esters is 1. The second kappa shape index (κ2) is 9.28. The lowest BCUT2D eigenvalue weighted by atomic mass is 10.3. The highest BCUT2D eigenvalue weighted by atomic mass is 31.2. The SMILES string of the molecule is CCOP(=N/N=C/C(=O)OC)(Nc1ccccc1)OCC. The molecule has 0 radical (unpaired) electrons. The van der Waals surface area contributed by atoms with Crippen LogP contribution in [-0.4, -0.2) is 32.5 Å². The van der Waals surface area contributed by atoms with Gasteiger partial charge in [0.2, 0.25) is 0 Å². The average molecular weight is 313 g/mol. The lowest BCUT2D eigenvalue weighted by molar-refractivity contribution is -0.132. The van der Waals surface area contributed by atoms with Gasteiger partial charge in [-0.2, -0.15) is 0 Å². The molecule has 8 heteroatoms. The van der Waals surface area contributed by atoms with Crippen LogP contribution in [0.5, 0.6) is 0 Å². The van der Waals surface area contributed by atoms with Crippen LogP contribution in [0.4, 0.5) is 5.69 Å². The van der Waals surface area contributed by atoms with E-state index in [1.165, 1.54) is 7.11 Å². The Morgan fingerprint density at radius 1 is 1.24 bits per heavy atom. The Kier molecular flexibility index (Phi) is 7.68. The Hall–Kier alpha value is -1.69. The summed E-state index contributed by atoms with van der Waals surface area (Å²) in [6.45, 7) is 4.45. The van der Waals surface area contributed by atoms with E-state index in [-0.39, 0.29) is 0 Å². The van der Waals surface area contributed by atoms with Crippen molar-refractivity contribution in [3.63, 3.8) is 0 Å². The smallest absolute Gasteiger partial charge is 0.351 e. The van der Waals surface area contributed by atoms with Crippen molar-refractivity contribution in [3.8, 4) is 0 Å². The maximum atomic E-state index is 11.1. The molecular formula is C13H20N3O4P. The molecule has 0 bridgehead atoms. The first kappa shape index (κ1) is 17.4. The minimum Gasteiger partial charge on any atom is -0.465 e. The number of nitrogens with zero attached hydrogens (tertiary/aromatic N) is 2. The van der Waals surface area contributed by atoms with Gasteiger partial charge in [0.1, 0.15) is 6.21 Å². The maximum Gasteiger partial charge on any atom is 0.351 e. The van der Waals surface area contributed by atoms with Gasteiger partial charge in [-0.1, -0.05) is 23.1 Å². The lowest BCUT2D eigenvalue weighted by Crippen LogP contribution is -2.06. The van der Waals surface area contributed by atoms with Crippen molar-refractivity contribution >= 4 is 25.5 Å². The highest BCUT2D eigenvalue weighted by Crippen LogP contribution is 2.51. The number of methoxy groups -OCH3 is 1. The van der Waals surface area contributed by atoms with E-state index in [1.54, 1.807) is 0 Å². The molecule has 1 aromatic carbocycles. The molecule has 0 unspecified atom stereocenters. The first-order valence-corrected chi connectivity index (χ1v) is 8.08. The molecule has 116 valence electrons. The molecule has 0 saturated heterocycles. The number of benzene rings is 1. The van der Waals surface area contributed by atoms with Gasteiger partial charge >= 0.3 is 13.6 Å². The highest BCUT2D eigenvalue weighted by Gasteiger charge is 2.21. The van der Waals surface area contributed by atoms with E-state index in [9.17, 15) is 4.79 Å². The number of anilines is 1. The predicted octanol–water partition coefficient (Wildman–Crippen LogP) is 3.28. The summed E-state index contributed by atoms with van der Waals surface area (Å²) in [5.74, 6) is -0.593. The van der Waals surface area contributed by atoms with Crippen molar-refractivity contribution in [1.29, 1.82) is 0 Å². The van der Waals surface area contributed by atoms with Gasteiger partial charge < -0.3 is 18.9 Å². The normalized spacial score (nSPS) is 11.4. The fourth-order valence-electron chi connectivity index (χ4n) is 1.40. The van der Waals surface area contributed by atoms with Gasteiger partial charge in [-0.3, -0.25) is 0 Å². The van der Waals surface area contributed by atoms with Gasteiger partial charge in [0.15, 0.2) is 0 Å². The fourth-order valence-corrected chi connectivity index (χ4v) is 3.11. The Morgan fingerprint density at radius 3 is 2.38 bits per heavy atom. The summed E-state index contributed by atoms with van der Waals surface area (Å²) < 4.78 is 15.7. The van der Waals surface area contributed by atoms with Gasteiger partial charge in [-0.25, -0.2) is 4.79 Å². The van der Waals surface area contributed by atoms with Crippen molar-refractivity contribution in [1.82, 2.24) is 0 Å². The molecule has 0 saturated carbocycles. The summed E-state index contributed by atoms with van der Waals surface area (Å²) in [4.78, 5) is 15.1. The molecule has 1 N–H and O–H groups in total. The van der Waals surface area contributed by atoms with Crippen LogP contribution in [0.15, 0.2) is 40.3 Å². The summed E-state index contributed by atoms with van der Waals surface area (Å²) in [6, 6.07) is 9.40. The van der Waals surface area contributed by atoms with Crippen LogP contribution in [0.3, 0.4) is 0 Å². The van der Waals surface area contributed by atoms with E-state index in [1.807, 2.05) is 44.2 Å². The molecule has 0 amide bonds. The Bertz CT molecular complexity index is 509. The molecule has 0 aliphatic rings. The monoisotopic (exact) mass is 313 g/mol. The zero-order valence-electron chi connectivity index (χ0n) is 12.4. The topological polar surface area (TPSA) is 81.5 Å². The zero-order valence-corrected chi connectivity index (χ0v) is 13.2.